The maximum Gasteiger partial charge on any atom is 1.00 e. The van der Waals surface area contributed by atoms with Crippen molar-refractivity contribution in [2.45, 2.75) is 151 Å². The van der Waals surface area contributed by atoms with Crippen LogP contribution in [0.15, 0.2) is 298 Å². The Morgan fingerprint density at radius 1 is 0.544 bits per heavy atom. The number of nitrogens with two attached hydrogens (primary N) is 1. The van der Waals surface area contributed by atoms with Gasteiger partial charge in [0.2, 0.25) is 12.5 Å². The molecule has 9 aromatic rings. The molecule has 0 spiro atoms. The topological polar surface area (TPSA) is 513 Å². The number of carboxylic acid groups (broad SMARTS) is 2. The molecule has 37 nitrogen and oxygen atoms in total. The quantitative estimate of drug-likeness (QED) is 0.00544. The standard InChI is InChI=1S/C21H21NO4.C18H17NO4.C15H19NO4.C11H13NO4.C11H15NO2.C10H17NO5.C9H12O2.C8H9NO2.C4H8O.CH4O.CH3O.I2.Na/c1-3-15-21(17-13-9-6-10-14-17)19(23)26-18(16-11-7-5-8-12-16)22(21)20(24)25-4-2;1-2-22-18(21)19-15(13-9-5-3-6-10-13)17(20)23-16(19)14-11-7-4-8-12-14;1-4-11-15(13(17)19-3,16-14(18)20-5-2)12-9-7-6-8-10-12;1-2-16-11(15)12-9(10(13)14)8-6-4-3-5-7-8;13-8-11(6-10(14)7-12-11)9-4-2-1-3-5-9;1-4-15-9(13)16-7-5-10(2,11-6-7)8(12)14-3;1-10-9(11-2)8-6-4-3-5-7-8;9-7(8(10)11)6-4-2-1-3-5-6;1-2-4-5-3-1;3*1-2;/h3,5-14,18H,1,4,15H2,2H3;3-12,15-16H,2H2,1H3;4,6-10H,1,5,11H2,2-3H3,(H,16,18);3-7,9H,2H2,1H3,(H,12,15)(H,13,14);1-5,10,12-14H,6-8H2;7,11H,4-6H2,1-3H3;3-7,9H,1-2H3;1-5,7H,9H2,(H,10,11);1-4H2;2H,1H3;1H3;;/q;;;;;;;;;;-1;;+1/t18-,21-;15?,16-;15-;9-;10?,11-;7?,10-;;7-;;;;;/m000111.1...../s1. The first-order chi connectivity index (χ1) is 71.5. The molecular formula is C109H138I2N7NaO30. The van der Waals surface area contributed by atoms with Crippen molar-refractivity contribution >= 4 is 104 Å². The molecule has 0 bridgehead atoms. The number of nitrogens with zero attached hydrogens (tertiary/aromatic N) is 2. The second kappa shape index (κ2) is 74.6. The van der Waals surface area contributed by atoms with Crippen LogP contribution in [0.2, 0.25) is 0 Å². The predicted octanol–water partition coefficient (Wildman–Crippen LogP) is 13.1. The van der Waals surface area contributed by atoms with E-state index < -0.39 is 113 Å². The van der Waals surface area contributed by atoms with E-state index in [9.17, 15) is 63.0 Å². The van der Waals surface area contributed by atoms with Crippen molar-refractivity contribution in [3.8, 4) is 0 Å². The first-order valence-electron chi connectivity index (χ1n) is 47.0. The van der Waals surface area contributed by atoms with E-state index in [-0.39, 0.29) is 107 Å². The van der Waals surface area contributed by atoms with Crippen LogP contribution in [-0.4, -0.2) is 228 Å². The summed E-state index contributed by atoms with van der Waals surface area (Å²) in [5.41, 5.74) is 8.08. The van der Waals surface area contributed by atoms with E-state index in [1.54, 1.807) is 159 Å². The molecule has 804 valence electrons. The summed E-state index contributed by atoms with van der Waals surface area (Å²) in [5.74, 6) is -4.02. The minimum absolute atomic E-state index is 0. The van der Waals surface area contributed by atoms with E-state index in [2.05, 4.69) is 85.9 Å². The number of nitrogens with one attached hydrogen (secondary N) is 4. The third-order valence-corrected chi connectivity index (χ3v) is 22.0. The average Bonchev–Trinajstić information content (AvgIpc) is 1.57. The summed E-state index contributed by atoms with van der Waals surface area (Å²) in [6.45, 7) is 21.7. The largest absolute Gasteiger partial charge is 1.00 e. The SMILES string of the molecule is C1CCOC1.C=CC[C@@](NC(=O)OCC)(C(=O)OC)c1ccccc1.C=CC[C@]1(c2ccccc2)C(=O)O[C@@H](c2ccccc2)N1C(=O)OCC.CCOC(=O)N1C(c2ccccc2)C(=O)O[C@H]1c1ccccc1.CCOC(=O)N[C@@H](C(=O)O)c1ccccc1.CCOC(=O)OC1CN[C@@](C)(C(=O)OC)C1.CO.COC(OC)c1ccccc1.C[O-].II.N[C@@H](C(=O)O)c1ccccc1.OC[C@@]1(c2ccccc2)CC(O)CN1.[Na+]. The minimum Gasteiger partial charge on any atom is -0.857 e. The molecule has 14 rings (SSSR count). The molecule has 5 fully saturated rings. The van der Waals surface area contributed by atoms with Gasteiger partial charge in [0.1, 0.15) is 17.7 Å². The third kappa shape index (κ3) is 42.2. The number of carbonyl (C=O) groups is 11. The van der Waals surface area contributed by atoms with Crippen molar-refractivity contribution in [1.82, 2.24) is 31.1 Å². The van der Waals surface area contributed by atoms with E-state index in [4.69, 9.17) is 73.5 Å². The smallest absolute Gasteiger partial charge is 0.857 e. The summed E-state index contributed by atoms with van der Waals surface area (Å²) in [7, 11) is 7.60. The summed E-state index contributed by atoms with van der Waals surface area (Å²) >= 11 is 4.24. The zero-order chi connectivity index (χ0) is 110. The molecule has 40 heteroatoms. The van der Waals surface area contributed by atoms with Gasteiger partial charge in [-0.25, -0.2) is 53.0 Å². The van der Waals surface area contributed by atoms with Crippen molar-refractivity contribution < 1.29 is 175 Å². The summed E-state index contributed by atoms with van der Waals surface area (Å²) in [6, 6.07) is 79.4. The number of hydrogen-bond acceptors (Lipinski definition) is 31. The van der Waals surface area contributed by atoms with Gasteiger partial charge in [0.05, 0.1) is 65.5 Å². The number of hydrogen-bond donors (Lipinski definition) is 10. The maximum atomic E-state index is 13.1. The molecule has 3 unspecified atom stereocenters. The summed E-state index contributed by atoms with van der Waals surface area (Å²) in [6.07, 6.45) is 1.22. The number of ether oxygens (including phenoxy) is 13. The van der Waals surface area contributed by atoms with Crippen LogP contribution in [-0.2, 0) is 107 Å². The number of alkyl carbamates (subject to hydrolysis) is 2. The van der Waals surface area contributed by atoms with Crippen LogP contribution in [0.1, 0.15) is 167 Å². The van der Waals surface area contributed by atoms with Gasteiger partial charge >= 0.3 is 95.9 Å². The van der Waals surface area contributed by atoms with Crippen LogP contribution in [0.25, 0.3) is 0 Å². The predicted molar refractivity (Wildman–Crippen MR) is 568 cm³/mol. The Morgan fingerprint density at radius 2 is 0.980 bits per heavy atom. The van der Waals surface area contributed by atoms with Crippen molar-refractivity contribution in [3.05, 3.63) is 348 Å². The number of carboxylic acids is 2. The monoisotopic (exact) mass is 2300 g/mol. The van der Waals surface area contributed by atoms with Crippen LogP contribution in [0, 0.1) is 0 Å². The van der Waals surface area contributed by atoms with E-state index in [1.165, 1.54) is 36.9 Å². The van der Waals surface area contributed by atoms with Crippen molar-refractivity contribution in [1.29, 1.82) is 0 Å². The number of esters is 4. The Kier molecular flexibility index (Phi) is 66.4. The van der Waals surface area contributed by atoms with Crippen molar-refractivity contribution in [3.63, 3.8) is 0 Å². The van der Waals surface area contributed by atoms with Gasteiger partial charge in [-0.2, -0.15) is 7.11 Å². The second-order valence-corrected chi connectivity index (χ2v) is 31.7. The normalized spacial score (nSPS) is 18.6. The van der Waals surface area contributed by atoms with Gasteiger partial charge in [-0.05, 0) is 94.2 Å². The Bertz CT molecular complexity index is 5330. The Morgan fingerprint density at radius 3 is 1.40 bits per heavy atom. The molecule has 4 amide bonds. The zero-order valence-corrected chi connectivity index (χ0v) is 92.5. The van der Waals surface area contributed by atoms with Gasteiger partial charge in [-0.3, -0.25) is 14.9 Å². The number of methoxy groups -OCH3 is 4. The third-order valence-electron chi connectivity index (χ3n) is 22.0. The molecule has 5 heterocycles. The number of aliphatic hydroxyl groups is 3. The fourth-order valence-electron chi connectivity index (χ4n) is 15.2. The summed E-state index contributed by atoms with van der Waals surface area (Å²) < 4.78 is 65.3. The van der Waals surface area contributed by atoms with Crippen LogP contribution < -0.4 is 61.7 Å². The first-order valence-corrected chi connectivity index (χ1v) is 53.3. The first kappa shape index (κ1) is 133. The molecule has 5 saturated heterocycles. The Labute approximate surface area is 916 Å². The second-order valence-electron chi connectivity index (χ2n) is 31.7. The summed E-state index contributed by atoms with van der Waals surface area (Å²) in [4.78, 5) is 132. The van der Waals surface area contributed by atoms with Crippen LogP contribution >= 0.6 is 37.2 Å². The molecular weight excluding hydrogens is 2160 g/mol. The van der Waals surface area contributed by atoms with Gasteiger partial charge in [-0.15, -0.1) is 13.2 Å². The van der Waals surface area contributed by atoms with Crippen molar-refractivity contribution in [2.24, 2.45) is 5.73 Å². The van der Waals surface area contributed by atoms with Gasteiger partial charge in [0.15, 0.2) is 29.5 Å². The molecule has 5 aliphatic rings. The molecule has 9 aromatic carbocycles. The number of halogens is 2. The number of β-amino-alcohol motifs (C(OH)–C–C–N with tert-alkyl or cyclic N) is 1. The van der Waals surface area contributed by atoms with E-state index >= 15 is 0 Å². The van der Waals surface area contributed by atoms with Gasteiger partial charge in [0.25, 0.3) is 0 Å². The van der Waals surface area contributed by atoms with Crippen molar-refractivity contribution in [2.75, 3.05) is 109 Å². The number of aliphatic hydroxyl groups excluding tert-OH is 3. The molecule has 5 aliphatic heterocycles. The number of cyclic esters (lactones) is 2. The minimum atomic E-state index is -1.33. The number of carbonyl (C=O) groups excluding carboxylic acids is 9. The maximum absolute atomic E-state index is 13.1. The van der Waals surface area contributed by atoms with E-state index in [0.717, 1.165) is 44.1 Å². The summed E-state index contributed by atoms with van der Waals surface area (Å²) in [5, 5.41) is 62.7. The van der Waals surface area contributed by atoms with Crippen LogP contribution in [0.3, 0.4) is 0 Å². The zero-order valence-electron chi connectivity index (χ0n) is 86.2. The molecule has 0 radical (unpaired) electrons. The fraction of sp³-hybridized carbons (Fsp3) is 0.367. The molecule has 149 heavy (non-hydrogen) atoms. The Hall–Kier alpha value is -12.3. The van der Waals surface area contributed by atoms with Crippen LogP contribution in [0.5, 0.6) is 0 Å². The van der Waals surface area contributed by atoms with Crippen LogP contribution in [0.4, 0.5) is 24.0 Å². The molecule has 11 N–H and O–H groups in total. The number of benzene rings is 9. The molecule has 11 atom stereocenters. The fourth-order valence-corrected chi connectivity index (χ4v) is 15.2. The molecule has 0 aromatic heterocycles. The van der Waals surface area contributed by atoms with E-state index in [0.29, 0.717) is 59.3 Å². The Balaban J connectivity index is 0.000000574. The number of rotatable bonds is 28. The van der Waals surface area contributed by atoms with Gasteiger partial charge in [0, 0.05) is 121 Å². The number of amides is 4. The average molecular weight is 2300 g/mol. The van der Waals surface area contributed by atoms with Gasteiger partial charge < -0.3 is 114 Å². The molecule has 0 aliphatic carbocycles. The molecule has 0 saturated carbocycles. The number of aliphatic carboxylic acids is 2. The van der Waals surface area contributed by atoms with Gasteiger partial charge in [-0.1, -0.05) is 285 Å². The van der Waals surface area contributed by atoms with E-state index in [1.807, 2.05) is 182 Å².